The van der Waals surface area contributed by atoms with Gasteiger partial charge in [-0.25, -0.2) is 0 Å². The molecule has 5 heteroatoms. The largest absolute Gasteiger partial charge is 0.481 e. The maximum absolute atomic E-state index is 12.8. The van der Waals surface area contributed by atoms with Crippen LogP contribution >= 0.6 is 0 Å². The number of carboxylic acids is 1. The van der Waals surface area contributed by atoms with E-state index < -0.39 is 17.5 Å². The van der Waals surface area contributed by atoms with Crippen LogP contribution in [0.15, 0.2) is 16.8 Å². The predicted molar refractivity (Wildman–Crippen MR) is 137 cm³/mol. The second-order valence-corrected chi connectivity index (χ2v) is 15.2. The SMILES string of the molecule is CC1(C)CC[C@]2(C(=O)O)CC[C@]3(C)C(=CC[C@@H]4[C@@]5(C)C/C(=N\O)[C@H](O)C(C)(C)[C@@H]5CC[C@]43C)[C@@H]2C1. The van der Waals surface area contributed by atoms with Gasteiger partial charge in [-0.1, -0.05) is 65.3 Å². The molecule has 5 rings (SSSR count). The normalized spacial score (nSPS) is 51.3. The number of fused-ring (bicyclic) bond motifs is 7. The quantitative estimate of drug-likeness (QED) is 0.220. The zero-order chi connectivity index (χ0) is 25.8. The van der Waals surface area contributed by atoms with Crippen LogP contribution in [0.25, 0.3) is 0 Å². The highest BCUT2D eigenvalue weighted by atomic mass is 16.4. The number of aliphatic carboxylic acids is 1. The summed E-state index contributed by atoms with van der Waals surface area (Å²) in [5.74, 6) is 0.281. The minimum Gasteiger partial charge on any atom is -0.481 e. The van der Waals surface area contributed by atoms with Crippen molar-refractivity contribution in [2.24, 2.45) is 55.4 Å². The molecule has 35 heavy (non-hydrogen) atoms. The predicted octanol–water partition coefficient (Wildman–Crippen LogP) is 6.67. The van der Waals surface area contributed by atoms with E-state index in [0.29, 0.717) is 24.0 Å². The molecule has 0 bridgehead atoms. The van der Waals surface area contributed by atoms with Crippen LogP contribution in [0.3, 0.4) is 0 Å². The molecule has 3 N–H and O–H groups in total. The molecule has 5 aliphatic carbocycles. The fraction of sp³-hybridized carbons (Fsp3) is 0.867. The molecule has 0 aliphatic heterocycles. The summed E-state index contributed by atoms with van der Waals surface area (Å²) in [7, 11) is 0. The van der Waals surface area contributed by atoms with Gasteiger partial charge in [-0.15, -0.1) is 0 Å². The number of aliphatic hydroxyl groups excluding tert-OH is 1. The molecule has 0 unspecified atom stereocenters. The van der Waals surface area contributed by atoms with Crippen molar-refractivity contribution in [3.63, 3.8) is 0 Å². The first-order valence-electron chi connectivity index (χ1n) is 13.9. The Morgan fingerprint density at radius 2 is 1.63 bits per heavy atom. The van der Waals surface area contributed by atoms with Gasteiger partial charge in [0.1, 0.15) is 6.10 Å². The summed E-state index contributed by atoms with van der Waals surface area (Å²) in [6.07, 6.45) is 9.93. The van der Waals surface area contributed by atoms with Gasteiger partial charge < -0.3 is 15.4 Å². The first-order valence-corrected chi connectivity index (χ1v) is 13.9. The Morgan fingerprint density at radius 3 is 2.26 bits per heavy atom. The zero-order valence-corrected chi connectivity index (χ0v) is 22.9. The summed E-state index contributed by atoms with van der Waals surface area (Å²) >= 11 is 0. The van der Waals surface area contributed by atoms with E-state index >= 15 is 0 Å². The molecule has 0 aromatic heterocycles. The van der Waals surface area contributed by atoms with Gasteiger partial charge in [0.25, 0.3) is 0 Å². The Hall–Kier alpha value is -1.36. The maximum atomic E-state index is 12.8. The minimum atomic E-state index is -0.712. The standard InChI is InChI=1S/C30H47NO4/c1-25(2)12-14-30(24(33)34)15-13-28(6)18(19(30)16-25)8-9-22-27(5)17-20(31-35)23(32)26(3,4)21(27)10-11-29(22,28)7/h8,19,21-23,32,35H,9-17H2,1-7H3,(H,33,34)/b31-20+/t19-,21-,22+,23-,27-,28+,29+,30-/m0/s1. The lowest BCUT2D eigenvalue weighted by molar-refractivity contribution is -0.187. The molecule has 0 amide bonds. The highest BCUT2D eigenvalue weighted by molar-refractivity contribution is 5.90. The van der Waals surface area contributed by atoms with Gasteiger partial charge in [-0.2, -0.15) is 0 Å². The highest BCUT2D eigenvalue weighted by Crippen LogP contribution is 2.75. The van der Waals surface area contributed by atoms with Crippen molar-refractivity contribution < 1.29 is 20.2 Å². The number of nitrogens with zero attached hydrogens (tertiary/aromatic N) is 1. The van der Waals surface area contributed by atoms with Gasteiger partial charge in [0.15, 0.2) is 0 Å². The van der Waals surface area contributed by atoms with Gasteiger partial charge >= 0.3 is 5.97 Å². The third kappa shape index (κ3) is 3.03. The molecule has 4 fully saturated rings. The number of hydrogen-bond donors (Lipinski definition) is 3. The van der Waals surface area contributed by atoms with Crippen LogP contribution in [-0.4, -0.2) is 33.2 Å². The van der Waals surface area contributed by atoms with Crippen LogP contribution in [0.1, 0.15) is 106 Å². The number of aliphatic hydroxyl groups is 1. The monoisotopic (exact) mass is 485 g/mol. The molecule has 0 heterocycles. The number of oxime groups is 1. The van der Waals surface area contributed by atoms with Gasteiger partial charge in [0.05, 0.1) is 11.1 Å². The molecule has 196 valence electrons. The molecule has 0 spiro atoms. The van der Waals surface area contributed by atoms with Crippen LogP contribution in [0.4, 0.5) is 0 Å². The fourth-order valence-electron chi connectivity index (χ4n) is 10.7. The Kier molecular flexibility index (Phi) is 5.32. The van der Waals surface area contributed by atoms with Gasteiger partial charge in [0, 0.05) is 0 Å². The second-order valence-electron chi connectivity index (χ2n) is 15.2. The van der Waals surface area contributed by atoms with Crippen LogP contribution in [-0.2, 0) is 4.79 Å². The first-order chi connectivity index (χ1) is 16.1. The minimum absolute atomic E-state index is 0.0301. The molecular formula is C30H47NO4. The number of carboxylic acid groups (broad SMARTS) is 1. The van der Waals surface area contributed by atoms with Crippen molar-refractivity contribution in [1.82, 2.24) is 0 Å². The summed E-state index contributed by atoms with van der Waals surface area (Å²) in [4.78, 5) is 12.8. The van der Waals surface area contributed by atoms with E-state index in [-0.39, 0.29) is 33.0 Å². The average molecular weight is 486 g/mol. The van der Waals surface area contributed by atoms with Crippen LogP contribution in [0.2, 0.25) is 0 Å². The van der Waals surface area contributed by atoms with Crippen molar-refractivity contribution >= 4 is 11.7 Å². The Labute approximate surface area is 211 Å². The Morgan fingerprint density at radius 1 is 0.971 bits per heavy atom. The van der Waals surface area contributed by atoms with Gasteiger partial charge in [0.2, 0.25) is 0 Å². The van der Waals surface area contributed by atoms with E-state index in [2.05, 4.69) is 59.7 Å². The molecule has 8 atom stereocenters. The van der Waals surface area contributed by atoms with Crippen molar-refractivity contribution in [2.45, 2.75) is 112 Å². The van der Waals surface area contributed by atoms with Crippen LogP contribution < -0.4 is 0 Å². The summed E-state index contributed by atoms with van der Waals surface area (Å²) in [5.41, 5.74) is 1.12. The van der Waals surface area contributed by atoms with E-state index in [1.165, 1.54) is 5.57 Å². The molecule has 5 nitrogen and oxygen atoms in total. The number of carbonyl (C=O) groups is 1. The van der Waals surface area contributed by atoms with Crippen molar-refractivity contribution in [2.75, 3.05) is 0 Å². The summed E-state index contributed by atoms with van der Waals surface area (Å²) in [6, 6.07) is 0. The highest BCUT2D eigenvalue weighted by Gasteiger charge is 2.69. The molecule has 0 radical (unpaired) electrons. The molecular weight excluding hydrogens is 438 g/mol. The summed E-state index contributed by atoms with van der Waals surface area (Å²) in [5, 5.41) is 35.0. The Bertz CT molecular complexity index is 996. The van der Waals surface area contributed by atoms with Crippen LogP contribution in [0, 0.1) is 50.2 Å². The van der Waals surface area contributed by atoms with E-state index in [1.54, 1.807) is 0 Å². The van der Waals surface area contributed by atoms with Crippen molar-refractivity contribution in [3.8, 4) is 0 Å². The number of rotatable bonds is 1. The second kappa shape index (κ2) is 7.36. The lowest BCUT2D eigenvalue weighted by atomic mass is 9.33. The smallest absolute Gasteiger partial charge is 0.310 e. The molecule has 0 aromatic rings. The summed E-state index contributed by atoms with van der Waals surface area (Å²) < 4.78 is 0. The first kappa shape index (κ1) is 25.3. The average Bonchev–Trinajstić information content (AvgIpc) is 2.76. The summed E-state index contributed by atoms with van der Waals surface area (Å²) in [6.45, 7) is 16.2. The van der Waals surface area contributed by atoms with Gasteiger partial charge in [-0.05, 0) is 103 Å². The van der Waals surface area contributed by atoms with E-state index in [1.807, 2.05) is 0 Å². The topological polar surface area (TPSA) is 90.1 Å². The maximum Gasteiger partial charge on any atom is 0.310 e. The fourth-order valence-corrected chi connectivity index (χ4v) is 10.7. The molecule has 0 aromatic carbocycles. The lowest BCUT2D eigenvalue weighted by Gasteiger charge is -2.71. The van der Waals surface area contributed by atoms with E-state index in [9.17, 15) is 20.2 Å². The lowest BCUT2D eigenvalue weighted by Crippen LogP contribution is -2.66. The number of allylic oxidation sites excluding steroid dienone is 2. The van der Waals surface area contributed by atoms with Gasteiger partial charge in [-0.3, -0.25) is 4.79 Å². The van der Waals surface area contributed by atoms with Crippen molar-refractivity contribution in [1.29, 1.82) is 0 Å². The Balaban J connectivity index is 1.62. The number of hydrogen-bond acceptors (Lipinski definition) is 4. The van der Waals surface area contributed by atoms with Crippen LogP contribution in [0.5, 0.6) is 0 Å². The van der Waals surface area contributed by atoms with E-state index in [4.69, 9.17) is 0 Å². The van der Waals surface area contributed by atoms with E-state index in [0.717, 1.165) is 51.4 Å². The zero-order valence-electron chi connectivity index (χ0n) is 22.9. The molecule has 0 saturated heterocycles. The molecule has 5 aliphatic rings. The van der Waals surface area contributed by atoms with Crippen molar-refractivity contribution in [3.05, 3.63) is 11.6 Å². The third-order valence-electron chi connectivity index (χ3n) is 12.9. The third-order valence-corrected chi connectivity index (χ3v) is 12.9. The molecule has 4 saturated carbocycles.